The number of hydrogen-bond acceptors (Lipinski definition) is 4. The van der Waals surface area contributed by atoms with Gasteiger partial charge in [0.1, 0.15) is 11.4 Å². The van der Waals surface area contributed by atoms with E-state index < -0.39 is 23.7 Å². The summed E-state index contributed by atoms with van der Waals surface area (Å²) in [4.78, 5) is 24.9. The quantitative estimate of drug-likeness (QED) is 0.829. The van der Waals surface area contributed by atoms with Crippen molar-refractivity contribution in [3.8, 4) is 5.75 Å². The van der Waals surface area contributed by atoms with Crippen LogP contribution in [0.15, 0.2) is 18.2 Å². The molecule has 21 heavy (non-hydrogen) atoms. The van der Waals surface area contributed by atoms with Crippen LogP contribution in [-0.2, 0) is 16.0 Å². The van der Waals surface area contributed by atoms with Crippen LogP contribution in [0.4, 0.5) is 4.79 Å². The number of aromatic hydroxyl groups is 1. The normalized spacial score (nSPS) is 18.0. The van der Waals surface area contributed by atoms with Gasteiger partial charge in [-0.3, -0.25) is 4.90 Å². The Kier molecular flexibility index (Phi) is 3.80. The number of benzene rings is 1. The molecule has 0 saturated heterocycles. The molecule has 6 heteroatoms. The number of phenolic OH excluding ortho intramolecular Hbond substituents is 1. The van der Waals surface area contributed by atoms with Crippen LogP contribution >= 0.6 is 0 Å². The van der Waals surface area contributed by atoms with Gasteiger partial charge in [0.05, 0.1) is 0 Å². The fourth-order valence-corrected chi connectivity index (χ4v) is 2.43. The molecule has 1 heterocycles. The smallest absolute Gasteiger partial charge is 0.411 e. The Bertz CT molecular complexity index is 576. The van der Waals surface area contributed by atoms with E-state index in [9.17, 15) is 19.8 Å². The van der Waals surface area contributed by atoms with Crippen LogP contribution < -0.4 is 0 Å². The van der Waals surface area contributed by atoms with E-state index in [1.54, 1.807) is 32.9 Å². The third-order valence-corrected chi connectivity index (χ3v) is 3.24. The number of fused-ring (bicyclic) bond motifs is 1. The van der Waals surface area contributed by atoms with Gasteiger partial charge in [-0.2, -0.15) is 0 Å². The van der Waals surface area contributed by atoms with Crippen LogP contribution in [0.3, 0.4) is 0 Å². The lowest BCUT2D eigenvalue weighted by Gasteiger charge is -2.36. The van der Waals surface area contributed by atoms with Gasteiger partial charge < -0.3 is 14.9 Å². The summed E-state index contributed by atoms with van der Waals surface area (Å²) < 4.78 is 5.25. The summed E-state index contributed by atoms with van der Waals surface area (Å²) in [5, 5.41) is 19.4. The Balaban J connectivity index is 2.39. The monoisotopic (exact) mass is 293 g/mol. The number of hydrogen-bond donors (Lipinski definition) is 2. The Labute approximate surface area is 122 Å². The molecular formula is C15H19NO5. The molecule has 1 aromatic carbocycles. The number of carboxylic acid groups (broad SMARTS) is 1. The second-order valence-corrected chi connectivity index (χ2v) is 6.01. The van der Waals surface area contributed by atoms with Gasteiger partial charge in [-0.1, -0.05) is 12.1 Å². The van der Waals surface area contributed by atoms with Gasteiger partial charge in [-0.25, -0.2) is 9.59 Å². The molecule has 1 aliphatic heterocycles. The molecule has 0 aliphatic carbocycles. The van der Waals surface area contributed by atoms with E-state index in [1.165, 1.54) is 6.07 Å². The number of ether oxygens (including phenoxy) is 1. The molecule has 0 bridgehead atoms. The molecular weight excluding hydrogens is 274 g/mol. The van der Waals surface area contributed by atoms with E-state index in [0.717, 1.165) is 10.5 Å². The highest BCUT2D eigenvalue weighted by Crippen LogP contribution is 2.36. The van der Waals surface area contributed by atoms with Crippen molar-refractivity contribution in [3.63, 3.8) is 0 Å². The number of carbonyl (C=O) groups excluding carboxylic acids is 1. The average molecular weight is 293 g/mol. The molecule has 1 unspecified atom stereocenters. The van der Waals surface area contributed by atoms with E-state index >= 15 is 0 Å². The SMILES string of the molecule is CC(C)(C)OC(=O)N1CCc2cccc(O)c2C1C(=O)O. The molecule has 2 N–H and O–H groups in total. The van der Waals surface area contributed by atoms with Crippen LogP contribution in [-0.4, -0.2) is 39.3 Å². The molecule has 1 atom stereocenters. The number of phenols is 1. The van der Waals surface area contributed by atoms with Crippen LogP contribution in [0.5, 0.6) is 5.75 Å². The summed E-state index contributed by atoms with van der Waals surface area (Å²) in [5.41, 5.74) is 0.295. The second-order valence-electron chi connectivity index (χ2n) is 6.01. The van der Waals surface area contributed by atoms with Crippen LogP contribution in [0.1, 0.15) is 37.9 Å². The molecule has 0 aromatic heterocycles. The Morgan fingerprint density at radius 1 is 1.33 bits per heavy atom. The molecule has 114 valence electrons. The van der Waals surface area contributed by atoms with Crippen LogP contribution in [0, 0.1) is 0 Å². The van der Waals surface area contributed by atoms with Gasteiger partial charge in [-0.15, -0.1) is 0 Å². The summed E-state index contributed by atoms with van der Waals surface area (Å²) in [5.74, 6) is -1.31. The van der Waals surface area contributed by atoms with Gasteiger partial charge in [0, 0.05) is 12.1 Å². The van der Waals surface area contributed by atoms with Crippen molar-refractivity contribution in [2.75, 3.05) is 6.54 Å². The fraction of sp³-hybridized carbons (Fsp3) is 0.467. The second kappa shape index (κ2) is 5.27. The van der Waals surface area contributed by atoms with E-state index in [0.29, 0.717) is 6.42 Å². The van der Waals surface area contributed by atoms with Gasteiger partial charge >= 0.3 is 12.1 Å². The van der Waals surface area contributed by atoms with Gasteiger partial charge in [-0.05, 0) is 38.8 Å². The standard InChI is InChI=1S/C15H19NO5/c1-15(2,3)21-14(20)16-8-7-9-5-4-6-10(17)11(9)12(16)13(18)19/h4-6,12,17H,7-8H2,1-3H3,(H,18,19). The van der Waals surface area contributed by atoms with Crippen molar-refractivity contribution in [2.24, 2.45) is 0 Å². The third kappa shape index (κ3) is 3.09. The molecule has 1 aromatic rings. The average Bonchev–Trinajstić information content (AvgIpc) is 2.35. The summed E-state index contributed by atoms with van der Waals surface area (Å²) in [6, 6.07) is 3.62. The number of nitrogens with zero attached hydrogens (tertiary/aromatic N) is 1. The third-order valence-electron chi connectivity index (χ3n) is 3.24. The molecule has 6 nitrogen and oxygen atoms in total. The summed E-state index contributed by atoms with van der Waals surface area (Å²) in [6.07, 6.45) is -0.212. The Morgan fingerprint density at radius 2 is 2.00 bits per heavy atom. The minimum Gasteiger partial charge on any atom is -0.508 e. The fourth-order valence-electron chi connectivity index (χ4n) is 2.43. The minimum atomic E-state index is -1.23. The van der Waals surface area contributed by atoms with Crippen molar-refractivity contribution in [1.29, 1.82) is 0 Å². The first-order valence-corrected chi connectivity index (χ1v) is 6.74. The van der Waals surface area contributed by atoms with Gasteiger partial charge in [0.25, 0.3) is 0 Å². The lowest BCUT2D eigenvalue weighted by atomic mass is 9.92. The summed E-state index contributed by atoms with van der Waals surface area (Å²) >= 11 is 0. The number of aliphatic carboxylic acids is 1. The number of rotatable bonds is 1. The number of carbonyl (C=O) groups is 2. The topological polar surface area (TPSA) is 87.1 Å². The molecule has 1 amide bonds. The minimum absolute atomic E-state index is 0.117. The molecule has 2 rings (SSSR count). The predicted molar refractivity (Wildman–Crippen MR) is 75.1 cm³/mol. The predicted octanol–water partition coefficient (Wildman–Crippen LogP) is 2.31. The van der Waals surface area contributed by atoms with Crippen molar-refractivity contribution in [1.82, 2.24) is 4.90 Å². The van der Waals surface area contributed by atoms with E-state index in [1.807, 2.05) is 0 Å². The lowest BCUT2D eigenvalue weighted by Crippen LogP contribution is -2.45. The highest BCUT2D eigenvalue weighted by molar-refractivity contribution is 5.83. The maximum absolute atomic E-state index is 12.2. The Hall–Kier alpha value is -2.24. The van der Waals surface area contributed by atoms with Gasteiger partial charge in [0.15, 0.2) is 6.04 Å². The summed E-state index contributed by atoms with van der Waals surface area (Å²) in [6.45, 7) is 5.39. The first-order valence-electron chi connectivity index (χ1n) is 6.74. The molecule has 0 saturated carbocycles. The number of amides is 1. The molecule has 0 radical (unpaired) electrons. The van der Waals surface area contributed by atoms with Gasteiger partial charge in [0.2, 0.25) is 0 Å². The highest BCUT2D eigenvalue weighted by Gasteiger charge is 2.39. The maximum Gasteiger partial charge on any atom is 0.411 e. The highest BCUT2D eigenvalue weighted by atomic mass is 16.6. The van der Waals surface area contributed by atoms with Crippen LogP contribution in [0.25, 0.3) is 0 Å². The Morgan fingerprint density at radius 3 is 2.57 bits per heavy atom. The lowest BCUT2D eigenvalue weighted by molar-refractivity contribution is -0.143. The first-order chi connectivity index (χ1) is 9.70. The first kappa shape index (κ1) is 15.2. The van der Waals surface area contributed by atoms with Crippen molar-refractivity contribution in [2.45, 2.75) is 38.8 Å². The van der Waals surface area contributed by atoms with Crippen molar-refractivity contribution in [3.05, 3.63) is 29.3 Å². The molecule has 1 aliphatic rings. The zero-order chi connectivity index (χ0) is 15.8. The zero-order valence-corrected chi connectivity index (χ0v) is 12.3. The summed E-state index contributed by atoms with van der Waals surface area (Å²) in [7, 11) is 0. The maximum atomic E-state index is 12.2. The van der Waals surface area contributed by atoms with E-state index in [4.69, 9.17) is 4.74 Å². The molecule has 0 spiro atoms. The molecule has 0 fully saturated rings. The van der Waals surface area contributed by atoms with Crippen molar-refractivity contribution < 1.29 is 24.5 Å². The van der Waals surface area contributed by atoms with Crippen LogP contribution in [0.2, 0.25) is 0 Å². The zero-order valence-electron chi connectivity index (χ0n) is 12.3. The largest absolute Gasteiger partial charge is 0.508 e. The number of carboxylic acids is 1. The van der Waals surface area contributed by atoms with E-state index in [-0.39, 0.29) is 17.9 Å². The van der Waals surface area contributed by atoms with Crippen molar-refractivity contribution >= 4 is 12.1 Å². The van der Waals surface area contributed by atoms with E-state index in [2.05, 4.69) is 0 Å².